The van der Waals surface area contributed by atoms with Gasteiger partial charge in [0.25, 0.3) is 5.82 Å². The van der Waals surface area contributed by atoms with Gasteiger partial charge in [0.05, 0.1) is 12.5 Å². The molecule has 0 aliphatic heterocycles. The molecule has 0 fully saturated rings. The van der Waals surface area contributed by atoms with Gasteiger partial charge in [0.15, 0.2) is 0 Å². The number of aryl methyl sites for hydroxylation is 1. The molecule has 0 saturated heterocycles. The summed E-state index contributed by atoms with van der Waals surface area (Å²) in [6.45, 7) is 6.97. The number of aromatic nitrogens is 2. The van der Waals surface area contributed by atoms with Gasteiger partial charge >= 0.3 is 0 Å². The molecule has 4 nitrogen and oxygen atoms in total. The van der Waals surface area contributed by atoms with Gasteiger partial charge in [-0.15, -0.1) is 0 Å². The number of aliphatic carboxylic acids is 1. The van der Waals surface area contributed by atoms with Crippen molar-refractivity contribution in [1.82, 2.24) is 4.57 Å². The Bertz CT molecular complexity index is 356. The second-order valence-electron chi connectivity index (χ2n) is 3.68. The van der Waals surface area contributed by atoms with E-state index in [0.29, 0.717) is 0 Å². The van der Waals surface area contributed by atoms with Gasteiger partial charge in [0.1, 0.15) is 18.4 Å². The van der Waals surface area contributed by atoms with Gasteiger partial charge in [0.2, 0.25) is 0 Å². The summed E-state index contributed by atoms with van der Waals surface area (Å²) in [5.41, 5.74) is 1.10. The van der Waals surface area contributed by atoms with Crippen molar-refractivity contribution in [3.05, 3.63) is 17.7 Å². The highest BCUT2D eigenvalue weighted by molar-refractivity contribution is 5.62. The van der Waals surface area contributed by atoms with Crippen LogP contribution in [0.3, 0.4) is 0 Å². The number of carboxylic acid groups (broad SMARTS) is 1. The van der Waals surface area contributed by atoms with Crippen molar-refractivity contribution < 1.29 is 14.5 Å². The zero-order valence-corrected chi connectivity index (χ0v) is 9.62. The van der Waals surface area contributed by atoms with Gasteiger partial charge < -0.3 is 9.90 Å². The van der Waals surface area contributed by atoms with Crippen molar-refractivity contribution in [2.24, 2.45) is 0 Å². The Morgan fingerprint density at radius 2 is 2.20 bits per heavy atom. The summed E-state index contributed by atoms with van der Waals surface area (Å²) >= 11 is 0. The van der Waals surface area contributed by atoms with Gasteiger partial charge in [-0.2, -0.15) is 0 Å². The molecule has 1 rings (SSSR count). The molecule has 1 heterocycles. The van der Waals surface area contributed by atoms with Crippen molar-refractivity contribution in [3.63, 3.8) is 0 Å². The van der Waals surface area contributed by atoms with Crippen LogP contribution in [0.1, 0.15) is 31.8 Å². The molecule has 1 aromatic heterocycles. The van der Waals surface area contributed by atoms with Gasteiger partial charge in [-0.25, -0.2) is 9.13 Å². The fourth-order valence-electron chi connectivity index (χ4n) is 1.94. The van der Waals surface area contributed by atoms with Crippen LogP contribution in [0.5, 0.6) is 0 Å². The van der Waals surface area contributed by atoms with Crippen molar-refractivity contribution in [3.8, 4) is 0 Å². The molecule has 0 aromatic carbocycles. The zero-order chi connectivity index (χ0) is 11.4. The van der Waals surface area contributed by atoms with Gasteiger partial charge in [-0.05, 0) is 13.3 Å². The van der Waals surface area contributed by atoms with Crippen LogP contribution < -0.4 is 9.67 Å². The number of carbonyl (C=O) groups excluding carboxylic acids is 1. The van der Waals surface area contributed by atoms with Crippen molar-refractivity contribution in [1.29, 1.82) is 0 Å². The van der Waals surface area contributed by atoms with Crippen LogP contribution in [0, 0.1) is 6.92 Å². The first-order chi connectivity index (χ1) is 7.10. The Kier molecular flexibility index (Phi) is 3.88. The molecular formula is C11H18N2O2. The minimum atomic E-state index is -1.04. The number of nitrogens with zero attached hydrogens (tertiary/aromatic N) is 2. The first-order valence-corrected chi connectivity index (χ1v) is 5.38. The third-order valence-corrected chi connectivity index (χ3v) is 2.50. The molecule has 0 aliphatic rings. The molecule has 0 saturated carbocycles. The second-order valence-corrected chi connectivity index (χ2v) is 3.68. The quantitative estimate of drug-likeness (QED) is 0.632. The van der Waals surface area contributed by atoms with Crippen molar-refractivity contribution in [2.45, 2.75) is 46.7 Å². The summed E-state index contributed by atoms with van der Waals surface area (Å²) in [6.07, 6.45) is 3.79. The maximum absolute atomic E-state index is 10.6. The summed E-state index contributed by atoms with van der Waals surface area (Å²) in [7, 11) is 0. The first-order valence-electron chi connectivity index (χ1n) is 5.38. The SMILES string of the molecule is CCCc1n(CC)c(C)c[n+]1CC(=O)[O-]. The molecule has 0 spiro atoms. The molecule has 1 aromatic rings. The van der Waals surface area contributed by atoms with Crippen LogP contribution in [0.15, 0.2) is 6.20 Å². The number of rotatable bonds is 5. The summed E-state index contributed by atoms with van der Waals surface area (Å²) in [5.74, 6) is 0.0345. The fourth-order valence-corrected chi connectivity index (χ4v) is 1.94. The maximum Gasteiger partial charge on any atom is 0.256 e. The van der Waals surface area contributed by atoms with E-state index in [4.69, 9.17) is 0 Å². The fraction of sp³-hybridized carbons (Fsp3) is 0.636. The molecule has 0 atom stereocenters. The molecule has 0 aliphatic carbocycles. The number of imidazole rings is 1. The average Bonchev–Trinajstić information content (AvgIpc) is 2.42. The van der Waals surface area contributed by atoms with E-state index in [-0.39, 0.29) is 6.54 Å². The monoisotopic (exact) mass is 210 g/mol. The molecule has 0 N–H and O–H groups in total. The third-order valence-electron chi connectivity index (χ3n) is 2.50. The van der Waals surface area contributed by atoms with E-state index in [2.05, 4.69) is 18.4 Å². The van der Waals surface area contributed by atoms with Crippen LogP contribution in [0.25, 0.3) is 0 Å². The molecule has 15 heavy (non-hydrogen) atoms. The van der Waals surface area contributed by atoms with Crippen LogP contribution in [-0.4, -0.2) is 10.5 Å². The lowest BCUT2D eigenvalue weighted by atomic mass is 10.3. The lowest BCUT2D eigenvalue weighted by molar-refractivity contribution is -0.697. The first kappa shape index (κ1) is 11.8. The van der Waals surface area contributed by atoms with E-state index in [1.807, 2.05) is 13.1 Å². The average molecular weight is 210 g/mol. The van der Waals surface area contributed by atoms with Crippen molar-refractivity contribution >= 4 is 5.97 Å². The van der Waals surface area contributed by atoms with Crippen LogP contribution >= 0.6 is 0 Å². The molecule has 0 amide bonds. The Labute approximate surface area is 90.2 Å². The Balaban J connectivity index is 3.08. The molecule has 4 heteroatoms. The van der Waals surface area contributed by atoms with E-state index < -0.39 is 5.97 Å². The summed E-state index contributed by atoms with van der Waals surface area (Å²) in [5, 5.41) is 10.6. The number of carbonyl (C=O) groups is 1. The summed E-state index contributed by atoms with van der Waals surface area (Å²) in [4.78, 5) is 10.6. The van der Waals surface area contributed by atoms with Crippen LogP contribution in [0.4, 0.5) is 0 Å². The predicted molar refractivity (Wildman–Crippen MR) is 54.0 cm³/mol. The highest BCUT2D eigenvalue weighted by atomic mass is 16.4. The largest absolute Gasteiger partial charge is 0.546 e. The molecule has 0 radical (unpaired) electrons. The van der Waals surface area contributed by atoms with E-state index >= 15 is 0 Å². The number of carboxylic acids is 1. The number of hydrogen-bond acceptors (Lipinski definition) is 2. The van der Waals surface area contributed by atoms with Crippen LogP contribution in [0.2, 0.25) is 0 Å². The third kappa shape index (κ3) is 2.58. The summed E-state index contributed by atoms with van der Waals surface area (Å²) in [6, 6.07) is 0. The zero-order valence-electron chi connectivity index (χ0n) is 9.62. The molecular weight excluding hydrogens is 192 g/mol. The Hall–Kier alpha value is -1.32. The van der Waals surface area contributed by atoms with Crippen LogP contribution in [-0.2, 0) is 24.3 Å². The lowest BCUT2D eigenvalue weighted by Crippen LogP contribution is -2.45. The maximum atomic E-state index is 10.6. The van der Waals surface area contributed by atoms with E-state index in [0.717, 1.165) is 30.9 Å². The number of hydrogen-bond donors (Lipinski definition) is 0. The minimum Gasteiger partial charge on any atom is -0.546 e. The molecule has 0 bridgehead atoms. The van der Waals surface area contributed by atoms with E-state index in [1.165, 1.54) is 0 Å². The normalized spacial score (nSPS) is 10.6. The standard InChI is InChI=1S/C11H18N2O2/c1-4-6-10-12(8-11(14)15)7-9(3)13(10)5-2/h7H,4-6,8H2,1-3H3. The van der Waals surface area contributed by atoms with Gasteiger partial charge in [0, 0.05) is 13.3 Å². The highest BCUT2D eigenvalue weighted by Gasteiger charge is 2.18. The minimum absolute atomic E-state index is 0.0524. The molecule has 0 unspecified atom stereocenters. The Morgan fingerprint density at radius 1 is 1.53 bits per heavy atom. The van der Waals surface area contributed by atoms with Gasteiger partial charge in [-0.1, -0.05) is 6.92 Å². The highest BCUT2D eigenvalue weighted by Crippen LogP contribution is 2.04. The topological polar surface area (TPSA) is 48.9 Å². The molecule has 84 valence electrons. The van der Waals surface area contributed by atoms with E-state index in [1.54, 1.807) is 4.57 Å². The van der Waals surface area contributed by atoms with Crippen molar-refractivity contribution in [2.75, 3.05) is 0 Å². The smallest absolute Gasteiger partial charge is 0.256 e. The predicted octanol–water partition coefficient (Wildman–Crippen LogP) is -0.194. The van der Waals surface area contributed by atoms with E-state index in [9.17, 15) is 9.90 Å². The lowest BCUT2D eigenvalue weighted by Gasteiger charge is -2.03. The second kappa shape index (κ2) is 4.96. The summed E-state index contributed by atoms with van der Waals surface area (Å²) < 4.78 is 3.92. The Morgan fingerprint density at radius 3 is 2.67 bits per heavy atom. The van der Waals surface area contributed by atoms with Gasteiger partial charge in [-0.3, -0.25) is 0 Å².